The van der Waals surface area contributed by atoms with Gasteiger partial charge in [-0.25, -0.2) is 4.79 Å². The van der Waals surface area contributed by atoms with Crippen LogP contribution in [0.3, 0.4) is 0 Å². The highest BCUT2D eigenvalue weighted by molar-refractivity contribution is 5.95. The number of primary amides is 1. The maximum Gasteiger partial charge on any atom is 0.408 e. The molecule has 0 aromatic heterocycles. The SMILES string of the molecule is Cc1ccc(C(C(=O)NC(C)(C)C)N(C(=O)C(CC(N)=O)NC(=O)OC(C)(C)C)C2CC2)cc1. The Morgan fingerprint density at radius 1 is 1.06 bits per heavy atom. The molecule has 0 saturated heterocycles. The fourth-order valence-corrected chi connectivity index (χ4v) is 3.53. The predicted molar refractivity (Wildman–Crippen MR) is 129 cm³/mol. The first kappa shape index (κ1) is 27.1. The van der Waals surface area contributed by atoms with Crippen LogP contribution < -0.4 is 16.4 Å². The van der Waals surface area contributed by atoms with Gasteiger partial charge >= 0.3 is 6.09 Å². The molecule has 9 nitrogen and oxygen atoms in total. The van der Waals surface area contributed by atoms with E-state index in [1.165, 1.54) is 4.90 Å². The van der Waals surface area contributed by atoms with Crippen molar-refractivity contribution in [2.24, 2.45) is 5.73 Å². The summed E-state index contributed by atoms with van der Waals surface area (Å²) in [5.41, 5.74) is 5.73. The molecule has 1 aliphatic carbocycles. The summed E-state index contributed by atoms with van der Waals surface area (Å²) in [7, 11) is 0. The van der Waals surface area contributed by atoms with Crippen LogP contribution in [0, 0.1) is 6.92 Å². The number of nitrogens with two attached hydrogens (primary N) is 1. The topological polar surface area (TPSA) is 131 Å². The van der Waals surface area contributed by atoms with Crippen molar-refractivity contribution in [2.75, 3.05) is 0 Å². The minimum absolute atomic E-state index is 0.194. The third-order valence-corrected chi connectivity index (χ3v) is 5.01. The van der Waals surface area contributed by atoms with Crippen molar-refractivity contribution in [3.63, 3.8) is 0 Å². The van der Waals surface area contributed by atoms with E-state index in [1.807, 2.05) is 52.0 Å². The summed E-state index contributed by atoms with van der Waals surface area (Å²) in [6, 6.07) is 4.99. The predicted octanol–water partition coefficient (Wildman–Crippen LogP) is 2.71. The monoisotopic (exact) mass is 474 g/mol. The van der Waals surface area contributed by atoms with Gasteiger partial charge in [-0.15, -0.1) is 0 Å². The Labute approximate surface area is 201 Å². The molecule has 1 aromatic rings. The van der Waals surface area contributed by atoms with Gasteiger partial charge in [0, 0.05) is 11.6 Å². The highest BCUT2D eigenvalue weighted by Crippen LogP contribution is 2.36. The summed E-state index contributed by atoms with van der Waals surface area (Å²) in [6.07, 6.45) is 0.177. The van der Waals surface area contributed by atoms with Crippen LogP contribution in [0.5, 0.6) is 0 Å². The number of hydrogen-bond donors (Lipinski definition) is 3. The van der Waals surface area contributed by atoms with Gasteiger partial charge < -0.3 is 26.0 Å². The maximum absolute atomic E-state index is 13.8. The van der Waals surface area contributed by atoms with Crippen molar-refractivity contribution in [3.8, 4) is 0 Å². The van der Waals surface area contributed by atoms with Crippen LogP contribution in [0.2, 0.25) is 0 Å². The summed E-state index contributed by atoms with van der Waals surface area (Å²) >= 11 is 0. The number of ether oxygens (including phenoxy) is 1. The Hall–Kier alpha value is -3.10. The molecule has 2 atom stereocenters. The Kier molecular flexibility index (Phi) is 8.34. The van der Waals surface area contributed by atoms with Gasteiger partial charge in [-0.3, -0.25) is 14.4 Å². The molecule has 0 radical (unpaired) electrons. The molecule has 4 amide bonds. The summed E-state index contributed by atoms with van der Waals surface area (Å²) in [4.78, 5) is 52.9. The minimum atomic E-state index is -1.26. The first-order valence-electron chi connectivity index (χ1n) is 11.6. The molecule has 2 unspecified atom stereocenters. The quantitative estimate of drug-likeness (QED) is 0.533. The van der Waals surface area contributed by atoms with Gasteiger partial charge in [-0.05, 0) is 66.9 Å². The van der Waals surface area contributed by atoms with Crippen LogP contribution in [-0.2, 0) is 19.1 Å². The molecule has 1 aromatic carbocycles. The number of benzene rings is 1. The van der Waals surface area contributed by atoms with E-state index < -0.39 is 47.6 Å². The van der Waals surface area contributed by atoms with Crippen LogP contribution in [-0.4, -0.2) is 51.9 Å². The zero-order valence-electron chi connectivity index (χ0n) is 21.2. The van der Waals surface area contributed by atoms with Gasteiger partial charge in [0.1, 0.15) is 17.7 Å². The Bertz CT molecular complexity index is 911. The average Bonchev–Trinajstić information content (AvgIpc) is 3.47. The lowest BCUT2D eigenvalue weighted by Gasteiger charge is -2.36. The molecule has 9 heteroatoms. The molecule has 0 aliphatic heterocycles. The number of aryl methyl sites for hydroxylation is 1. The molecule has 0 bridgehead atoms. The van der Waals surface area contributed by atoms with Gasteiger partial charge in [-0.1, -0.05) is 29.8 Å². The lowest BCUT2D eigenvalue weighted by atomic mass is 9.99. The van der Waals surface area contributed by atoms with Crippen LogP contribution >= 0.6 is 0 Å². The molecular weight excluding hydrogens is 436 g/mol. The van der Waals surface area contributed by atoms with Gasteiger partial charge in [0.15, 0.2) is 0 Å². The zero-order chi connectivity index (χ0) is 25.8. The molecule has 1 aliphatic rings. The van der Waals surface area contributed by atoms with Gasteiger partial charge in [0.05, 0.1) is 6.42 Å². The van der Waals surface area contributed by atoms with Crippen LogP contribution in [0.25, 0.3) is 0 Å². The standard InChI is InChI=1S/C25H38N4O5/c1-15-8-10-16(11-9-15)20(21(31)28-24(2,3)4)29(17-12-13-17)22(32)18(14-19(26)30)27-23(33)34-25(5,6)7/h8-11,17-18,20H,12-14H2,1-7H3,(H2,26,30)(H,27,33)(H,28,31). The highest BCUT2D eigenvalue weighted by Gasteiger charge is 2.44. The first-order chi connectivity index (χ1) is 15.6. The number of hydrogen-bond acceptors (Lipinski definition) is 5. The molecule has 2 rings (SSSR count). The van der Waals surface area contributed by atoms with E-state index >= 15 is 0 Å². The smallest absolute Gasteiger partial charge is 0.408 e. The normalized spacial score (nSPS) is 15.6. The van der Waals surface area contributed by atoms with Gasteiger partial charge in [0.2, 0.25) is 17.7 Å². The lowest BCUT2D eigenvalue weighted by Crippen LogP contribution is -2.56. The second kappa shape index (κ2) is 10.4. The molecule has 4 N–H and O–H groups in total. The fraction of sp³-hybridized carbons (Fsp3) is 0.600. The third-order valence-electron chi connectivity index (χ3n) is 5.01. The van der Waals surface area contributed by atoms with Crippen molar-refractivity contribution < 1.29 is 23.9 Å². The van der Waals surface area contributed by atoms with E-state index in [0.717, 1.165) is 5.56 Å². The van der Waals surface area contributed by atoms with Crippen molar-refractivity contribution in [1.82, 2.24) is 15.5 Å². The van der Waals surface area contributed by atoms with E-state index in [1.54, 1.807) is 20.8 Å². The summed E-state index contributed by atoms with van der Waals surface area (Å²) in [5, 5.41) is 5.45. The van der Waals surface area contributed by atoms with E-state index in [9.17, 15) is 19.2 Å². The lowest BCUT2D eigenvalue weighted by molar-refractivity contribution is -0.144. The maximum atomic E-state index is 13.8. The number of alkyl carbamates (subject to hydrolysis) is 1. The molecule has 188 valence electrons. The minimum Gasteiger partial charge on any atom is -0.444 e. The number of rotatable bonds is 8. The van der Waals surface area contributed by atoms with Crippen LogP contribution in [0.1, 0.15) is 78.0 Å². The van der Waals surface area contributed by atoms with Gasteiger partial charge in [0.25, 0.3) is 0 Å². The second-order valence-corrected chi connectivity index (χ2v) is 10.9. The first-order valence-corrected chi connectivity index (χ1v) is 11.6. The second-order valence-electron chi connectivity index (χ2n) is 10.9. The summed E-state index contributed by atoms with van der Waals surface area (Å²) < 4.78 is 5.28. The van der Waals surface area contributed by atoms with Crippen molar-refractivity contribution in [1.29, 1.82) is 0 Å². The van der Waals surface area contributed by atoms with Gasteiger partial charge in [-0.2, -0.15) is 0 Å². The van der Waals surface area contributed by atoms with E-state index in [4.69, 9.17) is 10.5 Å². The fourth-order valence-electron chi connectivity index (χ4n) is 3.53. The van der Waals surface area contributed by atoms with E-state index in [0.29, 0.717) is 18.4 Å². The largest absolute Gasteiger partial charge is 0.444 e. The number of amides is 4. The van der Waals surface area contributed by atoms with Crippen LogP contribution in [0.15, 0.2) is 24.3 Å². The van der Waals surface area contributed by atoms with Crippen molar-refractivity contribution >= 4 is 23.8 Å². The zero-order valence-corrected chi connectivity index (χ0v) is 21.2. The molecular formula is C25H38N4O5. The van der Waals surface area contributed by atoms with Crippen molar-refractivity contribution in [2.45, 2.75) is 97.0 Å². The van der Waals surface area contributed by atoms with Crippen LogP contribution in [0.4, 0.5) is 4.79 Å². The number of carbonyl (C=O) groups excluding carboxylic acids is 4. The number of carbonyl (C=O) groups is 4. The Morgan fingerprint density at radius 2 is 1.62 bits per heavy atom. The molecule has 1 fully saturated rings. The molecule has 0 spiro atoms. The highest BCUT2D eigenvalue weighted by atomic mass is 16.6. The summed E-state index contributed by atoms with van der Waals surface area (Å²) in [5.74, 6) is -1.65. The molecule has 0 heterocycles. The summed E-state index contributed by atoms with van der Waals surface area (Å²) in [6.45, 7) is 12.6. The Balaban J connectivity index is 2.45. The molecule has 1 saturated carbocycles. The Morgan fingerprint density at radius 3 is 2.06 bits per heavy atom. The third kappa shape index (κ3) is 8.35. The average molecular weight is 475 g/mol. The number of nitrogens with zero attached hydrogens (tertiary/aromatic N) is 1. The van der Waals surface area contributed by atoms with E-state index in [-0.39, 0.29) is 11.9 Å². The number of nitrogens with one attached hydrogen (secondary N) is 2. The van der Waals surface area contributed by atoms with Crippen molar-refractivity contribution in [3.05, 3.63) is 35.4 Å². The van der Waals surface area contributed by atoms with E-state index in [2.05, 4.69) is 10.6 Å². The molecule has 34 heavy (non-hydrogen) atoms.